The number of hydrogen-bond donors (Lipinski definition) is 0. The van der Waals surface area contributed by atoms with Crippen LogP contribution < -0.4 is 0 Å². The molecule has 0 bridgehead atoms. The molecule has 3 aromatic heterocycles. The number of aryl methyl sites for hydroxylation is 2. The molecule has 0 unspecified atom stereocenters. The van der Waals surface area contributed by atoms with Gasteiger partial charge < -0.3 is 9.47 Å². The molecule has 10 heteroatoms. The summed E-state index contributed by atoms with van der Waals surface area (Å²) in [6.45, 7) is 8.20. The van der Waals surface area contributed by atoms with Gasteiger partial charge in [-0.1, -0.05) is 0 Å². The zero-order valence-electron chi connectivity index (χ0n) is 17.5. The van der Waals surface area contributed by atoms with Crippen molar-refractivity contribution < 1.29 is 9.18 Å². The number of piperazine rings is 1. The largest absolute Gasteiger partial charge is 0.333 e. The van der Waals surface area contributed by atoms with Gasteiger partial charge in [-0.15, -0.1) is 5.10 Å². The number of fused-ring (bicyclic) bond motifs is 2. The lowest BCUT2D eigenvalue weighted by Gasteiger charge is -2.34. The first-order valence-corrected chi connectivity index (χ1v) is 10.3. The van der Waals surface area contributed by atoms with Crippen molar-refractivity contribution in [2.75, 3.05) is 32.7 Å². The first kappa shape index (κ1) is 19.6. The summed E-state index contributed by atoms with van der Waals surface area (Å²) in [6.07, 6.45) is 1.75. The highest BCUT2D eigenvalue weighted by molar-refractivity contribution is 5.91. The summed E-state index contributed by atoms with van der Waals surface area (Å²) in [5.41, 5.74) is 3.33. The van der Waals surface area contributed by atoms with Crippen LogP contribution in [0.25, 0.3) is 16.8 Å². The zero-order chi connectivity index (χ0) is 21.5. The van der Waals surface area contributed by atoms with E-state index in [0.29, 0.717) is 24.4 Å². The van der Waals surface area contributed by atoms with Crippen LogP contribution in [0, 0.1) is 19.7 Å². The Kier molecular flexibility index (Phi) is 4.85. The number of aromatic nitrogens is 6. The second kappa shape index (κ2) is 7.69. The fourth-order valence-corrected chi connectivity index (χ4v) is 4.04. The molecule has 160 valence electrons. The van der Waals surface area contributed by atoms with E-state index < -0.39 is 0 Å². The van der Waals surface area contributed by atoms with Gasteiger partial charge in [0.05, 0.1) is 17.4 Å². The van der Waals surface area contributed by atoms with Crippen LogP contribution >= 0.6 is 0 Å². The Morgan fingerprint density at radius 2 is 1.87 bits per heavy atom. The second-order valence-corrected chi connectivity index (χ2v) is 7.89. The monoisotopic (exact) mass is 422 g/mol. The Labute approximate surface area is 178 Å². The van der Waals surface area contributed by atoms with Gasteiger partial charge in [-0.2, -0.15) is 4.98 Å². The van der Waals surface area contributed by atoms with Crippen LogP contribution in [0.2, 0.25) is 0 Å². The van der Waals surface area contributed by atoms with E-state index in [4.69, 9.17) is 0 Å². The highest BCUT2D eigenvalue weighted by atomic mass is 19.1. The number of carbonyl (C=O) groups excluding carboxylic acids is 1. The van der Waals surface area contributed by atoms with Crippen LogP contribution in [0.5, 0.6) is 0 Å². The lowest BCUT2D eigenvalue weighted by molar-refractivity contribution is 0.0622. The molecule has 1 fully saturated rings. The molecule has 0 atom stereocenters. The fourth-order valence-electron chi connectivity index (χ4n) is 4.04. The van der Waals surface area contributed by atoms with Crippen molar-refractivity contribution in [1.82, 2.24) is 38.9 Å². The molecular formula is C21H23FN8O. The van der Waals surface area contributed by atoms with Gasteiger partial charge in [-0.05, 0) is 32.0 Å². The summed E-state index contributed by atoms with van der Waals surface area (Å²) >= 11 is 0. The van der Waals surface area contributed by atoms with Crippen molar-refractivity contribution in [1.29, 1.82) is 0 Å². The average Bonchev–Trinajstić information content (AvgIpc) is 3.36. The van der Waals surface area contributed by atoms with Crippen molar-refractivity contribution >= 4 is 22.7 Å². The molecule has 0 aliphatic carbocycles. The Balaban J connectivity index is 1.20. The molecular weight excluding hydrogens is 399 g/mol. The molecule has 1 aromatic carbocycles. The maximum absolute atomic E-state index is 13.3. The smallest absolute Gasteiger partial charge is 0.293 e. The van der Waals surface area contributed by atoms with Gasteiger partial charge in [0.2, 0.25) is 5.82 Å². The predicted molar refractivity (Wildman–Crippen MR) is 112 cm³/mol. The van der Waals surface area contributed by atoms with Crippen LogP contribution in [-0.2, 0) is 6.54 Å². The molecule has 1 saturated heterocycles. The van der Waals surface area contributed by atoms with E-state index in [1.54, 1.807) is 21.8 Å². The third-order valence-electron chi connectivity index (χ3n) is 5.71. The van der Waals surface area contributed by atoms with Gasteiger partial charge >= 0.3 is 0 Å². The van der Waals surface area contributed by atoms with E-state index in [0.717, 1.165) is 43.1 Å². The molecule has 9 nitrogen and oxygen atoms in total. The van der Waals surface area contributed by atoms with Gasteiger partial charge in [0.1, 0.15) is 5.82 Å². The second-order valence-electron chi connectivity index (χ2n) is 7.89. The quantitative estimate of drug-likeness (QED) is 0.498. The van der Waals surface area contributed by atoms with Crippen LogP contribution in [-0.4, -0.2) is 77.6 Å². The minimum absolute atomic E-state index is 0.162. The number of amides is 1. The summed E-state index contributed by atoms with van der Waals surface area (Å²) in [5, 5.41) is 4.35. The van der Waals surface area contributed by atoms with Crippen LogP contribution in [0.15, 0.2) is 30.6 Å². The summed E-state index contributed by atoms with van der Waals surface area (Å²) in [5.74, 6) is 0.197. The standard InChI is InChI=1S/C21H23FN8O/c1-14-11-15(2)30-21(24-14)25-19(26-30)20(31)28-8-5-27(6-9-28)7-10-29-13-23-17-12-16(22)3-4-18(17)29/h3-4,11-13H,5-10H2,1-2H3. The maximum atomic E-state index is 13.3. The Morgan fingerprint density at radius 3 is 2.68 bits per heavy atom. The molecule has 1 aliphatic heterocycles. The lowest BCUT2D eigenvalue weighted by Crippen LogP contribution is -2.49. The van der Waals surface area contributed by atoms with E-state index >= 15 is 0 Å². The highest BCUT2D eigenvalue weighted by Gasteiger charge is 2.25. The molecule has 4 heterocycles. The Hall–Kier alpha value is -3.40. The fraction of sp³-hybridized carbons (Fsp3) is 0.381. The SMILES string of the molecule is Cc1cc(C)n2nc(C(=O)N3CCN(CCn4cnc5cc(F)ccc54)CC3)nc2n1. The van der Waals surface area contributed by atoms with Crippen LogP contribution in [0.3, 0.4) is 0 Å². The molecule has 31 heavy (non-hydrogen) atoms. The molecule has 0 spiro atoms. The third-order valence-corrected chi connectivity index (χ3v) is 5.71. The summed E-state index contributed by atoms with van der Waals surface area (Å²) in [4.78, 5) is 30.0. The Morgan fingerprint density at radius 1 is 1.06 bits per heavy atom. The number of carbonyl (C=O) groups is 1. The lowest BCUT2D eigenvalue weighted by atomic mass is 10.3. The molecule has 1 amide bonds. The first-order valence-electron chi connectivity index (χ1n) is 10.3. The zero-order valence-corrected chi connectivity index (χ0v) is 17.5. The molecule has 0 saturated carbocycles. The van der Waals surface area contributed by atoms with E-state index in [2.05, 4.69) is 25.0 Å². The third kappa shape index (κ3) is 3.74. The Bertz CT molecular complexity index is 1270. The summed E-state index contributed by atoms with van der Waals surface area (Å²) in [7, 11) is 0. The normalized spacial score (nSPS) is 15.3. The van der Waals surface area contributed by atoms with Gasteiger partial charge in [-0.25, -0.2) is 18.9 Å². The number of hydrogen-bond acceptors (Lipinski definition) is 6. The summed E-state index contributed by atoms with van der Waals surface area (Å²) in [6, 6.07) is 6.57. The van der Waals surface area contributed by atoms with Crippen molar-refractivity contribution in [3.8, 4) is 0 Å². The van der Waals surface area contributed by atoms with Gasteiger partial charge in [-0.3, -0.25) is 9.69 Å². The number of imidazole rings is 1. The number of benzene rings is 1. The summed E-state index contributed by atoms with van der Waals surface area (Å²) < 4.78 is 17.0. The minimum atomic E-state index is -0.278. The van der Waals surface area contributed by atoms with E-state index in [-0.39, 0.29) is 17.5 Å². The van der Waals surface area contributed by atoms with Crippen molar-refractivity contribution in [3.05, 3.63) is 53.6 Å². The average molecular weight is 422 g/mol. The highest BCUT2D eigenvalue weighted by Crippen LogP contribution is 2.15. The first-order chi connectivity index (χ1) is 15.0. The molecule has 0 N–H and O–H groups in total. The van der Waals surface area contributed by atoms with E-state index in [9.17, 15) is 9.18 Å². The van der Waals surface area contributed by atoms with E-state index in [1.807, 2.05) is 24.5 Å². The van der Waals surface area contributed by atoms with Crippen molar-refractivity contribution in [2.24, 2.45) is 0 Å². The van der Waals surface area contributed by atoms with Crippen molar-refractivity contribution in [3.63, 3.8) is 0 Å². The number of rotatable bonds is 4. The topological polar surface area (TPSA) is 84.5 Å². The number of nitrogens with zero attached hydrogens (tertiary/aromatic N) is 8. The molecule has 5 rings (SSSR count). The van der Waals surface area contributed by atoms with Gasteiger partial charge in [0, 0.05) is 56.7 Å². The molecule has 1 aliphatic rings. The minimum Gasteiger partial charge on any atom is -0.333 e. The van der Waals surface area contributed by atoms with Crippen molar-refractivity contribution in [2.45, 2.75) is 20.4 Å². The molecule has 0 radical (unpaired) electrons. The van der Waals surface area contributed by atoms with Crippen LogP contribution in [0.1, 0.15) is 22.0 Å². The molecule has 4 aromatic rings. The number of halogens is 1. The van der Waals surface area contributed by atoms with Gasteiger partial charge in [0.25, 0.3) is 11.7 Å². The van der Waals surface area contributed by atoms with E-state index in [1.165, 1.54) is 12.1 Å². The maximum Gasteiger partial charge on any atom is 0.293 e. The van der Waals surface area contributed by atoms with Gasteiger partial charge in [0.15, 0.2) is 0 Å². The predicted octanol–water partition coefficient (Wildman–Crippen LogP) is 1.69. The van der Waals surface area contributed by atoms with Crippen LogP contribution in [0.4, 0.5) is 4.39 Å².